The van der Waals surface area contributed by atoms with Gasteiger partial charge >= 0.3 is 0 Å². The maximum absolute atomic E-state index is 14.2. The van der Waals surface area contributed by atoms with Gasteiger partial charge in [0.15, 0.2) is 17.2 Å². The van der Waals surface area contributed by atoms with Crippen LogP contribution in [0.15, 0.2) is 35.1 Å². The molecule has 1 aromatic carbocycles. The van der Waals surface area contributed by atoms with Gasteiger partial charge in [0, 0.05) is 17.9 Å². The van der Waals surface area contributed by atoms with E-state index in [1.54, 1.807) is 33.2 Å². The molecule has 0 heterocycles. The molecule has 0 unspecified atom stereocenters. The molecule has 4 aliphatic rings. The smallest absolute Gasteiger partial charge is 0.202 e. The molecule has 1 aromatic rings. The second kappa shape index (κ2) is 9.82. The van der Waals surface area contributed by atoms with Gasteiger partial charge in [0.1, 0.15) is 22.8 Å². The van der Waals surface area contributed by atoms with E-state index >= 15 is 0 Å². The molecular formula is C31H39NO8. The van der Waals surface area contributed by atoms with Crippen LogP contribution < -0.4 is 0 Å². The highest BCUT2D eigenvalue weighted by Gasteiger charge is 2.68. The predicted molar refractivity (Wildman–Crippen MR) is 147 cm³/mol. The summed E-state index contributed by atoms with van der Waals surface area (Å²) in [7, 11) is 3.11. The van der Waals surface area contributed by atoms with E-state index in [9.17, 15) is 39.9 Å². The fourth-order valence-electron chi connectivity index (χ4n) is 7.99. The van der Waals surface area contributed by atoms with Crippen LogP contribution in [0.1, 0.15) is 75.8 Å². The maximum atomic E-state index is 14.2. The van der Waals surface area contributed by atoms with Crippen molar-refractivity contribution in [2.45, 2.75) is 82.5 Å². The molecular weight excluding hydrogens is 514 g/mol. The topological polar surface area (TPSA) is 156 Å². The number of carbonyl (C=O) groups excluding carboxylic acids is 3. The number of hydrogen-bond donors (Lipinski definition) is 5. The number of nitrogens with zero attached hydrogens (tertiary/aromatic N) is 1. The first-order valence-electron chi connectivity index (χ1n) is 14.2. The molecule has 2 saturated carbocycles. The van der Waals surface area contributed by atoms with Crippen molar-refractivity contribution in [2.24, 2.45) is 17.3 Å². The van der Waals surface area contributed by atoms with Crippen molar-refractivity contribution in [1.29, 1.82) is 0 Å². The highest BCUT2D eigenvalue weighted by atomic mass is 16.4. The molecule has 9 heteroatoms. The van der Waals surface area contributed by atoms with Crippen LogP contribution in [-0.4, -0.2) is 79.6 Å². The molecule has 5 rings (SSSR count). The number of carbonyl (C=O) groups is 3. The zero-order valence-electron chi connectivity index (χ0n) is 23.5. The number of hydrogen-bond acceptors (Lipinski definition) is 9. The number of phenols is 1. The van der Waals surface area contributed by atoms with Crippen molar-refractivity contribution >= 4 is 23.1 Å². The second-order valence-electron chi connectivity index (χ2n) is 12.4. The average Bonchev–Trinajstić information content (AvgIpc) is 2.91. The highest BCUT2D eigenvalue weighted by molar-refractivity contribution is 6.25. The predicted octanol–water partition coefficient (Wildman–Crippen LogP) is 3.33. The van der Waals surface area contributed by atoms with E-state index in [1.807, 2.05) is 6.92 Å². The molecule has 0 spiro atoms. The highest BCUT2D eigenvalue weighted by Crippen LogP contribution is 2.56. The number of fused-ring (bicyclic) bond motifs is 3. The number of Topliss-reactive ketones (excluding diaryl/α,β-unsaturated/α-hetero) is 3. The van der Waals surface area contributed by atoms with E-state index in [4.69, 9.17) is 0 Å². The first-order valence-corrected chi connectivity index (χ1v) is 14.2. The monoisotopic (exact) mass is 553 g/mol. The third-order valence-corrected chi connectivity index (χ3v) is 10.2. The lowest BCUT2D eigenvalue weighted by atomic mass is 9.54. The fraction of sp³-hybridized carbons (Fsp3) is 0.581. The number of phenolic OH excluding ortho intramolecular Hbond substituents is 1. The standard InChI is InChI=1S/C31H39NO8/c1-5-30(12-7-6-8-13-30)14-18(34)21-27(37)24(32(3)4)23-26(36)19-15(2)16-10-9-11-17(33)20(16)25(35)22(19)29(39)31(23,40)28(21)38/h9-11,15,19,23-24,26,33,35-36,38,40H,5-8,12-14H2,1-4H3/t15-,19+,23+,24-,26-,31+/m0/s1. The van der Waals surface area contributed by atoms with Gasteiger partial charge in [0.05, 0.1) is 23.6 Å². The Morgan fingerprint density at radius 3 is 2.33 bits per heavy atom. The summed E-state index contributed by atoms with van der Waals surface area (Å²) in [5, 5.41) is 57.1. The number of aromatic hydroxyl groups is 1. The lowest BCUT2D eigenvalue weighted by molar-refractivity contribution is -0.169. The average molecular weight is 554 g/mol. The van der Waals surface area contributed by atoms with Crippen LogP contribution in [0.25, 0.3) is 5.76 Å². The zero-order valence-corrected chi connectivity index (χ0v) is 23.5. The van der Waals surface area contributed by atoms with Crippen molar-refractivity contribution in [3.05, 3.63) is 46.2 Å². The molecule has 0 amide bonds. The molecule has 2 fully saturated rings. The Hall–Kier alpha value is -3.01. The Balaban J connectivity index is 1.70. The van der Waals surface area contributed by atoms with E-state index in [0.29, 0.717) is 12.0 Å². The lowest BCUT2D eigenvalue weighted by Gasteiger charge is -2.54. The molecule has 0 saturated heterocycles. The molecule has 4 aliphatic carbocycles. The van der Waals surface area contributed by atoms with Gasteiger partial charge in [-0.05, 0) is 49.9 Å². The van der Waals surface area contributed by atoms with Crippen LogP contribution in [-0.2, 0) is 14.4 Å². The van der Waals surface area contributed by atoms with Gasteiger partial charge in [-0.15, -0.1) is 0 Å². The molecule has 40 heavy (non-hydrogen) atoms. The Bertz CT molecular complexity index is 1340. The summed E-state index contributed by atoms with van der Waals surface area (Å²) >= 11 is 0. The van der Waals surface area contributed by atoms with Gasteiger partial charge in [-0.25, -0.2) is 0 Å². The number of ketones is 3. The van der Waals surface area contributed by atoms with Crippen LogP contribution >= 0.6 is 0 Å². The molecule has 9 nitrogen and oxygen atoms in total. The fourth-order valence-corrected chi connectivity index (χ4v) is 7.99. The third-order valence-electron chi connectivity index (χ3n) is 10.2. The minimum absolute atomic E-state index is 0.00112. The van der Waals surface area contributed by atoms with Crippen molar-refractivity contribution in [1.82, 2.24) is 4.90 Å². The van der Waals surface area contributed by atoms with Gasteiger partial charge in [0.2, 0.25) is 5.78 Å². The van der Waals surface area contributed by atoms with Gasteiger partial charge in [-0.3, -0.25) is 19.3 Å². The third kappa shape index (κ3) is 3.81. The molecule has 216 valence electrons. The Labute approximate surface area is 233 Å². The number of aliphatic hydroxyl groups excluding tert-OH is 3. The normalized spacial score (nSPS) is 33.5. The van der Waals surface area contributed by atoms with Gasteiger partial charge in [0.25, 0.3) is 0 Å². The second-order valence-corrected chi connectivity index (χ2v) is 12.4. The van der Waals surface area contributed by atoms with E-state index in [2.05, 4.69) is 0 Å². The van der Waals surface area contributed by atoms with Gasteiger partial charge in [-0.2, -0.15) is 0 Å². The summed E-state index contributed by atoms with van der Waals surface area (Å²) in [4.78, 5) is 43.4. The SMILES string of the molecule is CCC1(CC(=O)C2=C(O)[C@@]3(O)C(=O)C4=C(O)c5c(O)cccc5[C@H](C)[C@H]4[C@H](O)[C@H]3[C@H](N(C)C)C2=O)CCCCC1. The molecule has 0 bridgehead atoms. The van der Waals surface area contributed by atoms with E-state index in [1.165, 1.54) is 11.0 Å². The molecule has 6 atom stereocenters. The van der Waals surface area contributed by atoms with Crippen LogP contribution in [0.2, 0.25) is 0 Å². The Morgan fingerprint density at radius 2 is 1.73 bits per heavy atom. The zero-order chi connectivity index (χ0) is 29.3. The van der Waals surface area contributed by atoms with Crippen LogP contribution in [0.3, 0.4) is 0 Å². The number of aliphatic hydroxyl groups is 4. The first kappa shape index (κ1) is 28.5. The summed E-state index contributed by atoms with van der Waals surface area (Å²) in [6.07, 6.45) is 3.76. The van der Waals surface area contributed by atoms with Crippen molar-refractivity contribution in [3.63, 3.8) is 0 Å². The van der Waals surface area contributed by atoms with E-state index < -0.39 is 69.9 Å². The number of benzene rings is 1. The molecule has 0 aliphatic heterocycles. The summed E-state index contributed by atoms with van der Waals surface area (Å²) in [5.41, 5.74) is -3.60. The summed E-state index contributed by atoms with van der Waals surface area (Å²) < 4.78 is 0. The van der Waals surface area contributed by atoms with Crippen LogP contribution in [0.4, 0.5) is 0 Å². The van der Waals surface area contributed by atoms with Crippen molar-refractivity contribution in [2.75, 3.05) is 14.1 Å². The van der Waals surface area contributed by atoms with Crippen molar-refractivity contribution in [3.8, 4) is 5.75 Å². The van der Waals surface area contributed by atoms with Crippen LogP contribution in [0, 0.1) is 17.3 Å². The number of likely N-dealkylation sites (N-methyl/N-ethyl adjacent to an activating group) is 1. The Morgan fingerprint density at radius 1 is 1.07 bits per heavy atom. The minimum atomic E-state index is -2.83. The lowest BCUT2D eigenvalue weighted by Crippen LogP contribution is -2.70. The first-order chi connectivity index (χ1) is 18.8. The molecule has 0 aromatic heterocycles. The van der Waals surface area contributed by atoms with Crippen molar-refractivity contribution < 1.29 is 39.9 Å². The van der Waals surface area contributed by atoms with Gasteiger partial charge in [-0.1, -0.05) is 51.7 Å². The molecule has 5 N–H and O–H groups in total. The summed E-state index contributed by atoms with van der Waals surface area (Å²) in [6.45, 7) is 3.72. The quantitative estimate of drug-likeness (QED) is 0.345. The molecule has 0 radical (unpaired) electrons. The summed E-state index contributed by atoms with van der Waals surface area (Å²) in [5.74, 6) is -7.52. The van der Waals surface area contributed by atoms with Gasteiger partial charge < -0.3 is 25.5 Å². The Kier molecular flexibility index (Phi) is 7.00. The summed E-state index contributed by atoms with van der Waals surface area (Å²) in [6, 6.07) is 3.33. The van der Waals surface area contributed by atoms with Crippen LogP contribution in [0.5, 0.6) is 5.75 Å². The van der Waals surface area contributed by atoms with E-state index in [-0.39, 0.29) is 28.7 Å². The largest absolute Gasteiger partial charge is 0.508 e. The number of rotatable bonds is 5. The maximum Gasteiger partial charge on any atom is 0.202 e. The minimum Gasteiger partial charge on any atom is -0.508 e. The van der Waals surface area contributed by atoms with E-state index in [0.717, 1.165) is 32.1 Å².